The minimum absolute atomic E-state index is 0.0822. The lowest BCUT2D eigenvalue weighted by Gasteiger charge is -2.24. The molecule has 0 saturated carbocycles. The Morgan fingerprint density at radius 1 is 0.671 bits per heavy atom. The van der Waals surface area contributed by atoms with Crippen LogP contribution in [0.25, 0.3) is 0 Å². The van der Waals surface area contributed by atoms with E-state index in [0.717, 1.165) is 6.42 Å². The fraction of sp³-hybridized carbons (Fsp3) is 0.673. The predicted octanol–water partition coefficient (Wildman–Crippen LogP) is 1.38. The van der Waals surface area contributed by atoms with Crippen molar-refractivity contribution in [2.24, 2.45) is 39.9 Å². The van der Waals surface area contributed by atoms with Crippen LogP contribution in [0.15, 0.2) is 35.3 Å². The fourth-order valence-corrected chi connectivity index (χ4v) is 5.63. The van der Waals surface area contributed by atoms with Crippen LogP contribution in [-0.2, 0) is 43.2 Å². The third kappa shape index (κ3) is 44.8. The summed E-state index contributed by atoms with van der Waals surface area (Å²) in [4.78, 5) is 111. The second-order valence-corrected chi connectivity index (χ2v) is 19.8. The molecule has 420 valence electrons. The first-order chi connectivity index (χ1) is 34.2. The highest BCUT2D eigenvalue weighted by Gasteiger charge is 2.27. The van der Waals surface area contributed by atoms with Gasteiger partial charge in [0.25, 0.3) is 0 Å². The molecule has 22 nitrogen and oxygen atoms in total. The van der Waals surface area contributed by atoms with Crippen molar-refractivity contribution in [1.29, 1.82) is 0 Å². The molecule has 24 heteroatoms. The van der Waals surface area contributed by atoms with E-state index < -0.39 is 78.2 Å². The molecule has 0 bridgehead atoms. The lowest BCUT2D eigenvalue weighted by Crippen LogP contribution is -2.56. The topological polar surface area (TPSA) is 361 Å². The highest BCUT2D eigenvalue weighted by Crippen LogP contribution is 2.07. The predicted molar refractivity (Wildman–Crippen MR) is 295 cm³/mol. The van der Waals surface area contributed by atoms with Crippen LogP contribution in [0.1, 0.15) is 107 Å². The Kier molecular flexibility index (Phi) is 46.8. The molecule has 1 rings (SSSR count). The Labute approximate surface area is 443 Å². The van der Waals surface area contributed by atoms with E-state index in [4.69, 9.17) is 22.3 Å². The van der Waals surface area contributed by atoms with Crippen LogP contribution < -0.4 is 59.7 Å². The van der Waals surface area contributed by atoms with Gasteiger partial charge in [-0.1, -0.05) is 91.3 Å². The van der Waals surface area contributed by atoms with Gasteiger partial charge in [0.2, 0.25) is 47.8 Å². The fourth-order valence-electron chi connectivity index (χ4n) is 5.63. The highest BCUT2D eigenvalue weighted by atomic mass is 32.2. The van der Waals surface area contributed by atoms with Gasteiger partial charge in [-0.25, -0.2) is 4.79 Å². The number of nitrogens with one attached hydrogen (secondary N) is 8. The Hall–Kier alpha value is -5.62. The average Bonchev–Trinajstić information content (AvgIpc) is 3.31. The number of carbonyl (C=O) groups is 9. The summed E-state index contributed by atoms with van der Waals surface area (Å²) in [5.41, 5.74) is 17.8. The molecule has 0 aliphatic carbocycles. The lowest BCUT2D eigenvalue weighted by atomic mass is 10.0. The maximum Gasteiger partial charge on any atom is 0.326 e. The van der Waals surface area contributed by atoms with Gasteiger partial charge in [0.1, 0.15) is 24.2 Å². The molecule has 15 N–H and O–H groups in total. The molecule has 0 radical (unpaired) electrons. The normalized spacial score (nSPS) is 12.6. The van der Waals surface area contributed by atoms with Crippen LogP contribution in [-0.4, -0.2) is 152 Å². The summed E-state index contributed by atoms with van der Waals surface area (Å²) in [6.07, 6.45) is 8.53. The molecule has 8 amide bonds. The summed E-state index contributed by atoms with van der Waals surface area (Å²) in [5.74, 6) is -3.36. The van der Waals surface area contributed by atoms with E-state index in [0.29, 0.717) is 31.6 Å². The monoisotopic (exact) mass is 1070 g/mol. The number of amides is 8. The maximum atomic E-state index is 13.1. The van der Waals surface area contributed by atoms with Crippen LogP contribution in [0, 0.1) is 24.7 Å². The first-order valence-corrected chi connectivity index (χ1v) is 27.4. The molecular formula is C49H92N12O10S2. The number of thioether (sulfide) groups is 2. The van der Waals surface area contributed by atoms with Gasteiger partial charge in [-0.05, 0) is 95.1 Å². The second kappa shape index (κ2) is 46.2. The van der Waals surface area contributed by atoms with Crippen LogP contribution in [0.4, 0.5) is 0 Å². The van der Waals surface area contributed by atoms with E-state index in [-0.39, 0.29) is 55.8 Å². The number of guanidine groups is 1. The van der Waals surface area contributed by atoms with Crippen molar-refractivity contribution in [2.75, 3.05) is 50.7 Å². The number of carboxylic acid groups (broad SMARTS) is 1. The van der Waals surface area contributed by atoms with E-state index >= 15 is 0 Å². The van der Waals surface area contributed by atoms with Gasteiger partial charge >= 0.3 is 5.97 Å². The van der Waals surface area contributed by atoms with Crippen molar-refractivity contribution in [1.82, 2.24) is 42.5 Å². The molecule has 0 aliphatic heterocycles. The van der Waals surface area contributed by atoms with E-state index in [2.05, 4.69) is 79.8 Å². The Morgan fingerprint density at radius 3 is 1.58 bits per heavy atom. The van der Waals surface area contributed by atoms with Crippen LogP contribution in [0.5, 0.6) is 0 Å². The summed E-state index contributed by atoms with van der Waals surface area (Å²) >= 11 is 3.61. The number of rotatable bonds is 28. The molecule has 0 saturated heterocycles. The number of hydrogen-bond acceptors (Lipinski definition) is 13. The summed E-state index contributed by atoms with van der Waals surface area (Å²) in [6, 6.07) is 5.63. The minimum atomic E-state index is -1.07. The smallest absolute Gasteiger partial charge is 0.326 e. The Morgan fingerprint density at radius 2 is 1.15 bits per heavy atom. The SMILES string of the molecule is CC(C)C[C@H](NC(=O)CNC=O)C(=O)O.CCC(NC(=O)C(CCCN=C(N)N)NC(=O)CNC(=O)C(C)NC(=O)CNC(=O)C(N)C(C)C)C(=O)NC(C)CC(C)C.CCSC.CSC.Cc1ccccc1. The van der Waals surface area contributed by atoms with Gasteiger partial charge in [0, 0.05) is 12.6 Å². The lowest BCUT2D eigenvalue weighted by molar-refractivity contribution is -0.142. The van der Waals surface area contributed by atoms with Crippen molar-refractivity contribution in [3.63, 3.8) is 0 Å². The van der Waals surface area contributed by atoms with Gasteiger partial charge in [-0.2, -0.15) is 23.5 Å². The number of carbonyl (C=O) groups excluding carboxylic acids is 8. The molecule has 0 spiro atoms. The van der Waals surface area contributed by atoms with Crippen molar-refractivity contribution < 1.29 is 48.3 Å². The number of hydrogen-bond donors (Lipinski definition) is 12. The zero-order chi connectivity index (χ0) is 57.1. The van der Waals surface area contributed by atoms with Gasteiger partial charge in [0.05, 0.1) is 25.7 Å². The quantitative estimate of drug-likeness (QED) is 0.0244. The van der Waals surface area contributed by atoms with Gasteiger partial charge in [0.15, 0.2) is 5.96 Å². The molecule has 73 heavy (non-hydrogen) atoms. The third-order valence-electron chi connectivity index (χ3n) is 9.41. The number of nitrogens with zero attached hydrogens (tertiary/aromatic N) is 1. The van der Waals surface area contributed by atoms with Gasteiger partial charge in [-0.3, -0.25) is 43.3 Å². The van der Waals surface area contributed by atoms with Crippen molar-refractivity contribution >= 4 is 83.2 Å². The van der Waals surface area contributed by atoms with Gasteiger partial charge < -0.3 is 64.8 Å². The second-order valence-electron chi connectivity index (χ2n) is 17.8. The number of aliphatic carboxylic acids is 1. The summed E-state index contributed by atoms with van der Waals surface area (Å²) in [7, 11) is 0. The zero-order valence-electron chi connectivity index (χ0n) is 45.8. The molecule has 6 atom stereocenters. The number of carboxylic acids is 1. The van der Waals surface area contributed by atoms with Crippen molar-refractivity contribution in [2.45, 2.75) is 145 Å². The standard InChI is InChI=1S/C28H54N10O6.C9H16N2O4.C7H8.C3H8S.C2H6S/c1-8-19(25(42)35-17(6)12-15(2)3)38-26(43)20(10-9-11-32-28(30)31)37-22(40)14-33-24(41)18(7)36-21(39)13-34-27(44)23(29)16(4)5;1-6(2)3-7(9(14)15)11-8(13)4-10-5-12;1-7-5-3-2-4-6-7;1-3-4-2;1-3-2/h15-20,23H,8-14,29H2,1-7H3,(H,33,41)(H,34,44)(H,35,42)(H,36,39)(H,37,40)(H,38,43)(H4,30,31,32);5-7H,3-4H2,1-2H3,(H,10,12)(H,11,13)(H,14,15);2-6H,1H3;3H2,1-2H3;1-2H3/t;7-;;;/m.0.../s1. The summed E-state index contributed by atoms with van der Waals surface area (Å²) in [6.45, 7) is 19.8. The summed E-state index contributed by atoms with van der Waals surface area (Å²) in [5, 5.41) is 28.7. The Balaban J connectivity index is -0.000000656. The average molecular weight is 1070 g/mol. The molecule has 5 unspecified atom stereocenters. The maximum absolute atomic E-state index is 13.1. The first-order valence-electron chi connectivity index (χ1n) is 24.3. The molecule has 0 fully saturated rings. The number of nitrogens with two attached hydrogens (primary N) is 3. The molecule has 0 aliphatic rings. The summed E-state index contributed by atoms with van der Waals surface area (Å²) < 4.78 is 0. The molecule has 0 heterocycles. The molecule has 1 aromatic rings. The van der Waals surface area contributed by atoms with Crippen molar-refractivity contribution in [3.8, 4) is 0 Å². The Bertz CT molecular complexity index is 1760. The molecule has 1 aromatic carbocycles. The van der Waals surface area contributed by atoms with Gasteiger partial charge in [-0.15, -0.1) is 0 Å². The van der Waals surface area contributed by atoms with Crippen LogP contribution in [0.3, 0.4) is 0 Å². The molecular weight excluding hydrogens is 981 g/mol. The minimum Gasteiger partial charge on any atom is -0.480 e. The van der Waals surface area contributed by atoms with E-state index in [1.807, 2.05) is 77.1 Å². The van der Waals surface area contributed by atoms with Crippen LogP contribution >= 0.6 is 23.5 Å². The van der Waals surface area contributed by atoms with E-state index in [9.17, 15) is 43.2 Å². The molecule has 0 aromatic heterocycles. The van der Waals surface area contributed by atoms with Crippen LogP contribution in [0.2, 0.25) is 0 Å². The zero-order valence-corrected chi connectivity index (χ0v) is 47.5. The number of benzene rings is 1. The van der Waals surface area contributed by atoms with E-state index in [1.54, 1.807) is 32.5 Å². The van der Waals surface area contributed by atoms with E-state index in [1.165, 1.54) is 18.2 Å². The third-order valence-corrected chi connectivity index (χ3v) is 9.98. The largest absolute Gasteiger partial charge is 0.480 e. The number of aliphatic imine (C=N–C) groups is 1. The first kappa shape index (κ1) is 73.9. The van der Waals surface area contributed by atoms with Crippen molar-refractivity contribution in [3.05, 3.63) is 35.9 Å². The number of aryl methyl sites for hydroxylation is 1. The highest BCUT2D eigenvalue weighted by molar-refractivity contribution is 7.98.